The molecule has 2 N–H and O–H groups in total. The van der Waals surface area contributed by atoms with Gasteiger partial charge in [-0.3, -0.25) is 0 Å². The summed E-state index contributed by atoms with van der Waals surface area (Å²) >= 11 is 5.96. The quantitative estimate of drug-likeness (QED) is 0.749. The zero-order valence-electron chi connectivity index (χ0n) is 10.9. The zero-order chi connectivity index (χ0) is 14.8. The Morgan fingerprint density at radius 2 is 2.05 bits per heavy atom. The van der Waals surface area contributed by atoms with E-state index >= 15 is 0 Å². The molecule has 0 saturated heterocycles. The highest BCUT2D eigenvalue weighted by molar-refractivity contribution is 6.33. The van der Waals surface area contributed by atoms with E-state index < -0.39 is 0 Å². The van der Waals surface area contributed by atoms with Crippen LogP contribution in [0.25, 0.3) is 11.5 Å². The molecule has 3 aromatic rings. The van der Waals surface area contributed by atoms with E-state index in [1.54, 1.807) is 30.3 Å². The first-order valence-electron chi connectivity index (χ1n) is 6.24. The number of halogens is 2. The highest BCUT2D eigenvalue weighted by Gasteiger charge is 2.11. The molecule has 0 saturated carbocycles. The molecule has 1 heterocycles. The molecule has 0 amide bonds. The Morgan fingerprint density at radius 1 is 1.19 bits per heavy atom. The predicted molar refractivity (Wildman–Crippen MR) is 78.4 cm³/mol. The van der Waals surface area contributed by atoms with Crippen LogP contribution in [0.4, 0.5) is 10.1 Å². The van der Waals surface area contributed by atoms with Gasteiger partial charge in [-0.25, -0.2) is 4.39 Å². The third-order valence-electron chi connectivity index (χ3n) is 2.97. The first-order chi connectivity index (χ1) is 10.1. The number of nitrogens with two attached hydrogens (primary N) is 1. The summed E-state index contributed by atoms with van der Waals surface area (Å²) in [5, 5.41) is 4.31. The van der Waals surface area contributed by atoms with Gasteiger partial charge in [-0.15, -0.1) is 0 Å². The molecule has 2 aromatic carbocycles. The Kier molecular flexibility index (Phi) is 3.58. The third kappa shape index (κ3) is 3.03. The van der Waals surface area contributed by atoms with Gasteiger partial charge in [0.2, 0.25) is 0 Å². The van der Waals surface area contributed by atoms with Crippen molar-refractivity contribution >= 4 is 17.3 Å². The van der Waals surface area contributed by atoms with Crippen molar-refractivity contribution < 1.29 is 8.91 Å². The van der Waals surface area contributed by atoms with Gasteiger partial charge in [-0.05, 0) is 35.9 Å². The topological polar surface area (TPSA) is 64.9 Å². The monoisotopic (exact) mass is 303 g/mol. The molecule has 0 aliphatic rings. The summed E-state index contributed by atoms with van der Waals surface area (Å²) in [6.07, 6.45) is 0.393. The summed E-state index contributed by atoms with van der Waals surface area (Å²) < 4.78 is 18.3. The number of benzene rings is 2. The normalized spacial score (nSPS) is 10.8. The lowest BCUT2D eigenvalue weighted by Crippen LogP contribution is -1.91. The van der Waals surface area contributed by atoms with Crippen LogP contribution >= 0.6 is 11.6 Å². The van der Waals surface area contributed by atoms with Crippen LogP contribution in [0.15, 0.2) is 47.0 Å². The Balaban J connectivity index is 1.84. The van der Waals surface area contributed by atoms with Crippen LogP contribution in [0.5, 0.6) is 0 Å². The second kappa shape index (κ2) is 5.54. The van der Waals surface area contributed by atoms with Crippen LogP contribution in [-0.4, -0.2) is 10.1 Å². The lowest BCUT2D eigenvalue weighted by molar-refractivity contribution is 0.424. The van der Waals surface area contributed by atoms with E-state index in [-0.39, 0.29) is 5.82 Å². The fraction of sp³-hybridized carbons (Fsp3) is 0.0667. The van der Waals surface area contributed by atoms with Gasteiger partial charge in [0.1, 0.15) is 5.82 Å². The lowest BCUT2D eigenvalue weighted by Gasteiger charge is -1.99. The molecule has 0 atom stereocenters. The van der Waals surface area contributed by atoms with Crippen LogP contribution < -0.4 is 5.73 Å². The number of aromatic nitrogens is 2. The number of anilines is 1. The van der Waals surface area contributed by atoms with Gasteiger partial charge in [0.05, 0.1) is 10.7 Å². The predicted octanol–water partition coefficient (Wildman–Crippen LogP) is 3.70. The molecular weight excluding hydrogens is 293 g/mol. The molecular formula is C15H11ClFN3O. The minimum atomic E-state index is -0.290. The first-order valence-corrected chi connectivity index (χ1v) is 6.62. The van der Waals surface area contributed by atoms with Gasteiger partial charge in [-0.1, -0.05) is 28.9 Å². The average Bonchev–Trinajstić information content (AvgIpc) is 2.90. The van der Waals surface area contributed by atoms with E-state index in [1.807, 2.05) is 0 Å². The minimum Gasteiger partial charge on any atom is -0.398 e. The average molecular weight is 304 g/mol. The number of rotatable bonds is 3. The largest absolute Gasteiger partial charge is 0.398 e. The minimum absolute atomic E-state index is 0.290. The van der Waals surface area contributed by atoms with E-state index in [0.29, 0.717) is 34.4 Å². The smallest absolute Gasteiger partial charge is 0.257 e. The summed E-state index contributed by atoms with van der Waals surface area (Å²) in [5.74, 6) is 0.536. The Hall–Kier alpha value is -2.40. The molecule has 0 aliphatic heterocycles. The summed E-state index contributed by atoms with van der Waals surface area (Å²) in [5.41, 5.74) is 7.60. The van der Waals surface area contributed by atoms with Crippen molar-refractivity contribution in [2.24, 2.45) is 0 Å². The first kappa shape index (κ1) is 13.6. The van der Waals surface area contributed by atoms with Crippen LogP contribution in [0, 0.1) is 5.82 Å². The van der Waals surface area contributed by atoms with Crippen molar-refractivity contribution in [3.05, 3.63) is 64.7 Å². The van der Waals surface area contributed by atoms with Crippen LogP contribution in [0.1, 0.15) is 11.4 Å². The van der Waals surface area contributed by atoms with Gasteiger partial charge in [0.25, 0.3) is 5.89 Å². The van der Waals surface area contributed by atoms with Crippen LogP contribution in [0.2, 0.25) is 5.02 Å². The van der Waals surface area contributed by atoms with E-state index in [1.165, 1.54) is 12.1 Å². The number of nitrogens with zero attached hydrogens (tertiary/aromatic N) is 2. The van der Waals surface area contributed by atoms with Gasteiger partial charge < -0.3 is 10.3 Å². The van der Waals surface area contributed by atoms with Gasteiger partial charge >= 0.3 is 0 Å². The molecule has 3 rings (SSSR count). The molecule has 0 bridgehead atoms. The molecule has 0 spiro atoms. The molecule has 0 aliphatic carbocycles. The van der Waals surface area contributed by atoms with Crippen LogP contribution in [-0.2, 0) is 6.42 Å². The fourth-order valence-electron chi connectivity index (χ4n) is 1.93. The van der Waals surface area contributed by atoms with E-state index in [9.17, 15) is 4.39 Å². The molecule has 6 heteroatoms. The molecule has 21 heavy (non-hydrogen) atoms. The number of hydrogen-bond donors (Lipinski definition) is 1. The maximum absolute atomic E-state index is 13.1. The second-order valence-corrected chi connectivity index (χ2v) is 4.97. The summed E-state index contributed by atoms with van der Waals surface area (Å²) in [6.45, 7) is 0. The van der Waals surface area contributed by atoms with E-state index in [2.05, 4.69) is 10.1 Å². The molecule has 0 fully saturated rings. The molecule has 0 unspecified atom stereocenters. The Bertz CT molecular complexity index is 788. The van der Waals surface area contributed by atoms with Crippen molar-refractivity contribution in [2.75, 3.05) is 5.73 Å². The molecule has 0 radical (unpaired) electrons. The number of nitrogen functional groups attached to an aromatic ring is 1. The summed E-state index contributed by atoms with van der Waals surface area (Å²) in [7, 11) is 0. The summed E-state index contributed by atoms with van der Waals surface area (Å²) in [6, 6.07) is 11.4. The van der Waals surface area contributed by atoms with Crippen molar-refractivity contribution in [3.63, 3.8) is 0 Å². The van der Waals surface area contributed by atoms with Gasteiger partial charge in [0, 0.05) is 12.0 Å². The van der Waals surface area contributed by atoms with Crippen molar-refractivity contribution in [1.82, 2.24) is 10.1 Å². The molecule has 106 valence electrons. The van der Waals surface area contributed by atoms with Crippen LogP contribution in [0.3, 0.4) is 0 Å². The maximum Gasteiger partial charge on any atom is 0.257 e. The van der Waals surface area contributed by atoms with E-state index in [4.69, 9.17) is 21.9 Å². The third-order valence-corrected chi connectivity index (χ3v) is 3.29. The maximum atomic E-state index is 13.1. The van der Waals surface area contributed by atoms with Crippen molar-refractivity contribution in [1.29, 1.82) is 0 Å². The SMILES string of the molecule is Nc1ccc(-c2nc(Cc3cccc(F)c3)no2)cc1Cl. The molecule has 1 aromatic heterocycles. The van der Waals surface area contributed by atoms with E-state index in [0.717, 1.165) is 5.56 Å². The fourth-order valence-corrected chi connectivity index (χ4v) is 2.11. The standard InChI is InChI=1S/C15H11ClFN3O/c16-12-8-10(4-5-13(12)18)15-19-14(20-21-15)7-9-2-1-3-11(17)6-9/h1-6,8H,7,18H2. The van der Waals surface area contributed by atoms with Gasteiger partial charge in [0.15, 0.2) is 5.82 Å². The summed E-state index contributed by atoms with van der Waals surface area (Å²) in [4.78, 5) is 4.28. The van der Waals surface area contributed by atoms with Gasteiger partial charge in [-0.2, -0.15) is 4.98 Å². The highest BCUT2D eigenvalue weighted by atomic mass is 35.5. The number of hydrogen-bond acceptors (Lipinski definition) is 4. The molecule has 4 nitrogen and oxygen atoms in total. The van der Waals surface area contributed by atoms with Crippen molar-refractivity contribution in [2.45, 2.75) is 6.42 Å². The Morgan fingerprint density at radius 3 is 2.81 bits per heavy atom. The highest BCUT2D eigenvalue weighted by Crippen LogP contribution is 2.26. The second-order valence-electron chi connectivity index (χ2n) is 4.56. The Labute approximate surface area is 125 Å². The zero-order valence-corrected chi connectivity index (χ0v) is 11.6. The van der Waals surface area contributed by atoms with Crippen molar-refractivity contribution in [3.8, 4) is 11.5 Å². The lowest BCUT2D eigenvalue weighted by atomic mass is 10.1.